The van der Waals surface area contributed by atoms with Crippen LogP contribution < -0.4 is 0 Å². The van der Waals surface area contributed by atoms with Gasteiger partial charge in [-0.25, -0.2) is 0 Å². The Bertz CT molecular complexity index is 357. The standard InChI is InChI=1S/C12H18N2/c1-5-8-10-11(7-3)13-14(4)12(10)9-6-2/h5-6,8-9H,7H2,1-4H3/b8-5-,9-6-. The maximum atomic E-state index is 4.48. The third-order valence-electron chi connectivity index (χ3n) is 2.20. The summed E-state index contributed by atoms with van der Waals surface area (Å²) in [6.45, 7) is 6.19. The molecule has 0 amide bonds. The minimum Gasteiger partial charge on any atom is -0.268 e. The lowest BCUT2D eigenvalue weighted by Gasteiger charge is -1.96. The molecule has 0 bridgehead atoms. The second-order valence-electron chi connectivity index (χ2n) is 3.22. The van der Waals surface area contributed by atoms with E-state index in [1.807, 2.05) is 31.7 Å². The van der Waals surface area contributed by atoms with Crippen LogP contribution >= 0.6 is 0 Å². The van der Waals surface area contributed by atoms with Gasteiger partial charge in [0.1, 0.15) is 0 Å². The van der Waals surface area contributed by atoms with Gasteiger partial charge in [0.2, 0.25) is 0 Å². The predicted molar refractivity (Wildman–Crippen MR) is 62.0 cm³/mol. The third-order valence-corrected chi connectivity index (χ3v) is 2.20. The van der Waals surface area contributed by atoms with Crippen LogP contribution in [-0.4, -0.2) is 9.78 Å². The molecule has 1 heterocycles. The van der Waals surface area contributed by atoms with Crippen molar-refractivity contribution in [2.24, 2.45) is 7.05 Å². The molecule has 0 radical (unpaired) electrons. The molecule has 14 heavy (non-hydrogen) atoms. The van der Waals surface area contributed by atoms with Gasteiger partial charge in [-0.2, -0.15) is 5.10 Å². The first-order valence-corrected chi connectivity index (χ1v) is 5.05. The highest BCUT2D eigenvalue weighted by molar-refractivity contribution is 5.64. The summed E-state index contributed by atoms with van der Waals surface area (Å²) in [5.41, 5.74) is 3.59. The van der Waals surface area contributed by atoms with Gasteiger partial charge in [-0.15, -0.1) is 0 Å². The molecule has 76 valence electrons. The van der Waals surface area contributed by atoms with E-state index < -0.39 is 0 Å². The lowest BCUT2D eigenvalue weighted by atomic mass is 10.1. The average molecular weight is 190 g/mol. The Hall–Kier alpha value is -1.31. The summed E-state index contributed by atoms with van der Waals surface area (Å²) in [5.74, 6) is 0. The van der Waals surface area contributed by atoms with Crippen LogP contribution in [0.1, 0.15) is 37.7 Å². The molecule has 0 unspecified atom stereocenters. The van der Waals surface area contributed by atoms with Crippen molar-refractivity contribution in [3.8, 4) is 0 Å². The predicted octanol–water partition coefficient (Wildman–Crippen LogP) is 3.05. The van der Waals surface area contributed by atoms with Crippen LogP contribution in [-0.2, 0) is 13.5 Å². The van der Waals surface area contributed by atoms with E-state index in [4.69, 9.17) is 0 Å². The molecule has 1 aromatic heterocycles. The molecule has 0 saturated heterocycles. The topological polar surface area (TPSA) is 17.8 Å². The number of hydrogen-bond acceptors (Lipinski definition) is 1. The summed E-state index contributed by atoms with van der Waals surface area (Å²) >= 11 is 0. The van der Waals surface area contributed by atoms with Crippen LogP contribution in [0.25, 0.3) is 12.2 Å². The fraction of sp³-hybridized carbons (Fsp3) is 0.417. The molecular weight excluding hydrogens is 172 g/mol. The van der Waals surface area contributed by atoms with Crippen LogP contribution in [0, 0.1) is 0 Å². The highest BCUT2D eigenvalue weighted by atomic mass is 15.3. The van der Waals surface area contributed by atoms with E-state index in [9.17, 15) is 0 Å². The van der Waals surface area contributed by atoms with E-state index in [0.29, 0.717) is 0 Å². The van der Waals surface area contributed by atoms with Crippen LogP contribution in [0.3, 0.4) is 0 Å². The normalized spacial score (nSPS) is 12.0. The second-order valence-corrected chi connectivity index (χ2v) is 3.22. The summed E-state index contributed by atoms with van der Waals surface area (Å²) in [5, 5.41) is 4.48. The van der Waals surface area contributed by atoms with Crippen molar-refractivity contribution in [3.63, 3.8) is 0 Å². The third kappa shape index (κ3) is 1.95. The smallest absolute Gasteiger partial charge is 0.0700 e. The Morgan fingerprint density at radius 3 is 2.36 bits per heavy atom. The van der Waals surface area contributed by atoms with Gasteiger partial charge < -0.3 is 0 Å². The Morgan fingerprint density at radius 1 is 1.21 bits per heavy atom. The molecule has 2 nitrogen and oxygen atoms in total. The van der Waals surface area contributed by atoms with E-state index in [1.165, 1.54) is 17.0 Å². The van der Waals surface area contributed by atoms with Crippen molar-refractivity contribution in [2.75, 3.05) is 0 Å². The molecule has 0 aliphatic heterocycles. The summed E-state index contributed by atoms with van der Waals surface area (Å²) in [4.78, 5) is 0. The molecule has 0 fully saturated rings. The Kier molecular flexibility index (Phi) is 3.69. The van der Waals surface area contributed by atoms with E-state index in [0.717, 1.165) is 6.42 Å². The summed E-state index contributed by atoms with van der Waals surface area (Å²) < 4.78 is 1.94. The van der Waals surface area contributed by atoms with Gasteiger partial charge in [-0.05, 0) is 26.3 Å². The van der Waals surface area contributed by atoms with Crippen LogP contribution in [0.5, 0.6) is 0 Å². The lowest BCUT2D eigenvalue weighted by Crippen LogP contribution is -1.93. The molecule has 0 saturated carbocycles. The van der Waals surface area contributed by atoms with Gasteiger partial charge in [0.15, 0.2) is 0 Å². The maximum Gasteiger partial charge on any atom is 0.0700 e. The van der Waals surface area contributed by atoms with Gasteiger partial charge in [0, 0.05) is 12.6 Å². The number of rotatable bonds is 3. The Labute approximate surface area is 85.9 Å². The summed E-state index contributed by atoms with van der Waals surface area (Å²) in [6.07, 6.45) is 9.31. The molecule has 0 aliphatic carbocycles. The van der Waals surface area contributed by atoms with Crippen molar-refractivity contribution in [1.29, 1.82) is 0 Å². The lowest BCUT2D eigenvalue weighted by molar-refractivity contribution is 0.739. The van der Waals surface area contributed by atoms with Gasteiger partial charge >= 0.3 is 0 Å². The second kappa shape index (κ2) is 4.80. The van der Waals surface area contributed by atoms with Crippen molar-refractivity contribution in [2.45, 2.75) is 27.2 Å². The molecule has 2 heteroatoms. The molecule has 0 N–H and O–H groups in total. The van der Waals surface area contributed by atoms with E-state index in [2.05, 4.69) is 30.3 Å². The largest absolute Gasteiger partial charge is 0.268 e. The minimum absolute atomic E-state index is 0.977. The van der Waals surface area contributed by atoms with Crippen molar-refractivity contribution in [1.82, 2.24) is 9.78 Å². The Balaban J connectivity index is 3.30. The number of aryl methyl sites for hydroxylation is 2. The van der Waals surface area contributed by atoms with Gasteiger partial charge in [-0.3, -0.25) is 4.68 Å². The number of hydrogen-bond donors (Lipinski definition) is 0. The fourth-order valence-electron chi connectivity index (χ4n) is 1.58. The zero-order valence-electron chi connectivity index (χ0n) is 9.41. The van der Waals surface area contributed by atoms with E-state index in [-0.39, 0.29) is 0 Å². The van der Waals surface area contributed by atoms with Crippen molar-refractivity contribution >= 4 is 12.2 Å². The first-order chi connectivity index (χ1) is 6.74. The highest BCUT2D eigenvalue weighted by Gasteiger charge is 2.08. The van der Waals surface area contributed by atoms with E-state index in [1.54, 1.807) is 0 Å². The zero-order chi connectivity index (χ0) is 10.6. The number of allylic oxidation sites excluding steroid dienone is 2. The molecule has 0 aromatic carbocycles. The minimum atomic E-state index is 0.977. The molecule has 0 atom stereocenters. The first kappa shape index (κ1) is 10.8. The Morgan fingerprint density at radius 2 is 1.86 bits per heavy atom. The molecular formula is C12H18N2. The SMILES string of the molecule is C/C=C\c1c(CC)nn(C)c1/C=C\C. The van der Waals surface area contributed by atoms with Gasteiger partial charge in [0.05, 0.1) is 11.4 Å². The van der Waals surface area contributed by atoms with Gasteiger partial charge in [0.25, 0.3) is 0 Å². The van der Waals surface area contributed by atoms with Gasteiger partial charge in [-0.1, -0.05) is 25.2 Å². The summed E-state index contributed by atoms with van der Waals surface area (Å²) in [6, 6.07) is 0. The fourth-order valence-corrected chi connectivity index (χ4v) is 1.58. The van der Waals surface area contributed by atoms with Crippen LogP contribution in [0.4, 0.5) is 0 Å². The maximum absolute atomic E-state index is 4.48. The number of aromatic nitrogens is 2. The first-order valence-electron chi connectivity index (χ1n) is 5.05. The molecule has 1 aromatic rings. The quantitative estimate of drug-likeness (QED) is 0.716. The highest BCUT2D eigenvalue weighted by Crippen LogP contribution is 2.17. The summed E-state index contributed by atoms with van der Waals surface area (Å²) in [7, 11) is 1.99. The number of nitrogens with zero attached hydrogens (tertiary/aromatic N) is 2. The monoisotopic (exact) mass is 190 g/mol. The van der Waals surface area contributed by atoms with Crippen LogP contribution in [0.15, 0.2) is 12.2 Å². The van der Waals surface area contributed by atoms with Crippen LogP contribution in [0.2, 0.25) is 0 Å². The van der Waals surface area contributed by atoms with Crippen molar-refractivity contribution < 1.29 is 0 Å². The van der Waals surface area contributed by atoms with E-state index >= 15 is 0 Å². The molecule has 0 aliphatic rings. The average Bonchev–Trinajstić information content (AvgIpc) is 2.47. The molecule has 0 spiro atoms. The van der Waals surface area contributed by atoms with Crippen molar-refractivity contribution in [3.05, 3.63) is 29.1 Å². The zero-order valence-corrected chi connectivity index (χ0v) is 9.41. The molecule has 1 rings (SSSR count).